The van der Waals surface area contributed by atoms with E-state index in [-0.39, 0.29) is 11.8 Å². The minimum atomic E-state index is -0.633. The van der Waals surface area contributed by atoms with Crippen LogP contribution in [0.1, 0.15) is 67.2 Å². The predicted molar refractivity (Wildman–Crippen MR) is 183 cm³/mol. The summed E-state index contributed by atoms with van der Waals surface area (Å²) in [6.45, 7) is 11.8. The van der Waals surface area contributed by atoms with Gasteiger partial charge >= 0.3 is 12.2 Å². The smallest absolute Gasteiger partial charge is 0.410 e. The van der Waals surface area contributed by atoms with Gasteiger partial charge in [-0.25, -0.2) is 9.59 Å². The maximum Gasteiger partial charge on any atom is 0.410 e. The van der Waals surface area contributed by atoms with E-state index in [1.54, 1.807) is 25.5 Å². The lowest BCUT2D eigenvalue weighted by Gasteiger charge is -2.28. The summed E-state index contributed by atoms with van der Waals surface area (Å²) >= 11 is 0. The Hall–Kier alpha value is -4.87. The monoisotopic (exact) mass is 658 g/mol. The number of anilines is 2. The Kier molecular flexibility index (Phi) is 9.84. The molecule has 3 heterocycles. The highest BCUT2D eigenvalue weighted by Crippen LogP contribution is 2.29. The van der Waals surface area contributed by atoms with Crippen LogP contribution in [0.3, 0.4) is 0 Å². The molecule has 12 heteroatoms. The van der Waals surface area contributed by atoms with Gasteiger partial charge in [-0.05, 0) is 103 Å². The number of rotatable bonds is 6. The van der Waals surface area contributed by atoms with E-state index in [0.717, 1.165) is 35.4 Å². The van der Waals surface area contributed by atoms with Crippen LogP contribution in [-0.2, 0) is 26.1 Å². The van der Waals surface area contributed by atoms with Gasteiger partial charge in [-0.15, -0.1) is 0 Å². The van der Waals surface area contributed by atoms with Gasteiger partial charge in [0, 0.05) is 37.1 Å². The molecule has 0 radical (unpaired) electrons. The minimum absolute atomic E-state index is 0.239. The van der Waals surface area contributed by atoms with Crippen molar-refractivity contribution in [3.63, 3.8) is 0 Å². The number of nitrogens with one attached hydrogen (secondary N) is 2. The molecule has 0 spiro atoms. The maximum absolute atomic E-state index is 13.1. The van der Waals surface area contributed by atoms with E-state index in [1.165, 1.54) is 9.80 Å². The number of nitrogens with zero attached hydrogens (tertiary/aromatic N) is 4. The van der Waals surface area contributed by atoms with Gasteiger partial charge in [0.2, 0.25) is 11.8 Å². The van der Waals surface area contributed by atoms with Gasteiger partial charge in [0.1, 0.15) is 23.3 Å². The zero-order valence-corrected chi connectivity index (χ0v) is 28.8. The third-order valence-corrected chi connectivity index (χ3v) is 8.14. The SMILES string of the molecule is Cn1nc(-c2ccc(NC(=O)[C@@H]3CCCN3C(=O)OC(C)(C)C)cc2)cc1-c1ccc(NC(=O)[C@@H]2CCCN2C(=O)OC(C)(C)C)cc1. The average molecular weight is 659 g/mol. The fraction of sp³-hybridized carbons (Fsp3) is 0.472. The zero-order chi connectivity index (χ0) is 34.8. The first-order chi connectivity index (χ1) is 22.6. The molecule has 2 aliphatic rings. The molecule has 12 nitrogen and oxygen atoms in total. The van der Waals surface area contributed by atoms with Crippen LogP contribution in [0, 0.1) is 0 Å². The molecule has 2 aromatic carbocycles. The molecule has 48 heavy (non-hydrogen) atoms. The Labute approximate surface area is 281 Å². The summed E-state index contributed by atoms with van der Waals surface area (Å²) < 4.78 is 12.8. The number of amides is 4. The first-order valence-electron chi connectivity index (χ1n) is 16.4. The molecule has 0 unspecified atom stereocenters. The van der Waals surface area contributed by atoms with Gasteiger partial charge in [0.05, 0.1) is 11.4 Å². The Morgan fingerprint density at radius 1 is 0.688 bits per heavy atom. The summed E-state index contributed by atoms with van der Waals surface area (Å²) in [5.41, 5.74) is 3.43. The highest BCUT2D eigenvalue weighted by Gasteiger charge is 2.38. The van der Waals surface area contributed by atoms with E-state index in [2.05, 4.69) is 10.6 Å². The number of carbonyl (C=O) groups is 4. The van der Waals surface area contributed by atoms with Crippen LogP contribution >= 0.6 is 0 Å². The molecule has 4 amide bonds. The molecule has 3 aromatic rings. The van der Waals surface area contributed by atoms with E-state index in [9.17, 15) is 19.2 Å². The molecule has 1 aromatic heterocycles. The number of hydrogen-bond acceptors (Lipinski definition) is 7. The molecule has 2 aliphatic heterocycles. The first kappa shape index (κ1) is 34.5. The van der Waals surface area contributed by atoms with E-state index >= 15 is 0 Å². The molecule has 5 rings (SSSR count). The van der Waals surface area contributed by atoms with Crippen molar-refractivity contribution in [2.24, 2.45) is 7.05 Å². The van der Waals surface area contributed by atoms with Gasteiger partial charge < -0.3 is 20.1 Å². The van der Waals surface area contributed by atoms with Gasteiger partial charge in [-0.3, -0.25) is 24.1 Å². The second-order valence-electron chi connectivity index (χ2n) is 14.3. The molecule has 2 N–H and O–H groups in total. The number of ether oxygens (including phenoxy) is 2. The second-order valence-corrected chi connectivity index (χ2v) is 14.3. The molecule has 2 atom stereocenters. The largest absolute Gasteiger partial charge is 0.444 e. The second kappa shape index (κ2) is 13.7. The Balaban J connectivity index is 1.20. The van der Waals surface area contributed by atoms with E-state index in [1.807, 2.05) is 82.4 Å². The predicted octanol–water partition coefficient (Wildman–Crippen LogP) is 6.43. The van der Waals surface area contributed by atoms with Crippen molar-refractivity contribution in [1.29, 1.82) is 0 Å². The van der Waals surface area contributed by atoms with Crippen molar-refractivity contribution in [1.82, 2.24) is 19.6 Å². The minimum Gasteiger partial charge on any atom is -0.444 e. The van der Waals surface area contributed by atoms with E-state index in [0.29, 0.717) is 37.3 Å². The van der Waals surface area contributed by atoms with Gasteiger partial charge in [0.15, 0.2) is 0 Å². The lowest BCUT2D eigenvalue weighted by molar-refractivity contribution is -0.121. The van der Waals surface area contributed by atoms with Crippen LogP contribution in [0.2, 0.25) is 0 Å². The molecular weight excluding hydrogens is 612 g/mol. The van der Waals surface area contributed by atoms with Crippen LogP contribution in [0.15, 0.2) is 54.6 Å². The van der Waals surface area contributed by atoms with Crippen molar-refractivity contribution >= 4 is 35.4 Å². The molecule has 2 saturated heterocycles. The Morgan fingerprint density at radius 3 is 1.52 bits per heavy atom. The summed E-state index contributed by atoms with van der Waals surface area (Å²) in [6, 6.07) is 15.7. The maximum atomic E-state index is 13.1. The van der Waals surface area contributed by atoms with E-state index in [4.69, 9.17) is 14.6 Å². The third kappa shape index (κ3) is 8.34. The number of aromatic nitrogens is 2. The van der Waals surface area contributed by atoms with Crippen molar-refractivity contribution in [3.05, 3.63) is 54.6 Å². The Bertz CT molecular complexity index is 1650. The molecule has 0 bridgehead atoms. The fourth-order valence-electron chi connectivity index (χ4n) is 5.94. The fourth-order valence-corrected chi connectivity index (χ4v) is 5.94. The summed E-state index contributed by atoms with van der Waals surface area (Å²) in [7, 11) is 1.87. The van der Waals surface area contributed by atoms with Crippen LogP contribution < -0.4 is 10.6 Å². The highest BCUT2D eigenvalue weighted by atomic mass is 16.6. The summed E-state index contributed by atoms with van der Waals surface area (Å²) in [5.74, 6) is -0.480. The zero-order valence-electron chi connectivity index (χ0n) is 28.8. The van der Waals surface area contributed by atoms with Crippen LogP contribution in [0.4, 0.5) is 21.0 Å². The summed E-state index contributed by atoms with van der Waals surface area (Å²) in [4.78, 5) is 54.4. The third-order valence-electron chi connectivity index (χ3n) is 8.14. The quantitative estimate of drug-likeness (QED) is 0.312. The molecule has 0 aliphatic carbocycles. The summed E-state index contributed by atoms with van der Waals surface area (Å²) in [6.07, 6.45) is 1.70. The number of hydrogen-bond donors (Lipinski definition) is 2. The van der Waals surface area contributed by atoms with Crippen molar-refractivity contribution in [2.45, 2.75) is 90.5 Å². The van der Waals surface area contributed by atoms with Gasteiger partial charge in [0.25, 0.3) is 0 Å². The number of carbonyl (C=O) groups excluding carboxylic acids is 4. The van der Waals surface area contributed by atoms with E-state index < -0.39 is 35.5 Å². The van der Waals surface area contributed by atoms with Crippen LogP contribution in [-0.4, -0.2) is 80.0 Å². The molecule has 256 valence electrons. The summed E-state index contributed by atoms with van der Waals surface area (Å²) in [5, 5.41) is 10.6. The number of aryl methyl sites for hydroxylation is 1. The molecular formula is C36H46N6O6. The Morgan fingerprint density at radius 2 is 1.10 bits per heavy atom. The molecule has 2 fully saturated rings. The molecule has 0 saturated carbocycles. The van der Waals surface area contributed by atoms with Gasteiger partial charge in [-0.1, -0.05) is 24.3 Å². The van der Waals surface area contributed by atoms with Crippen LogP contribution in [0.5, 0.6) is 0 Å². The lowest BCUT2D eigenvalue weighted by atomic mass is 10.1. The van der Waals surface area contributed by atoms with Crippen molar-refractivity contribution < 1.29 is 28.7 Å². The van der Waals surface area contributed by atoms with Crippen molar-refractivity contribution in [2.75, 3.05) is 23.7 Å². The van der Waals surface area contributed by atoms with Crippen molar-refractivity contribution in [3.8, 4) is 22.5 Å². The standard InChI is InChI=1S/C36H46N6O6/c1-35(2,3)47-33(45)41-20-8-10-28(41)31(43)37-25-16-12-23(13-17-25)27-22-30(40(7)39-27)24-14-18-26(19-15-24)38-32(44)29-11-9-21-42(29)34(46)48-36(4,5)6/h12-19,22,28-29H,8-11,20-21H2,1-7H3,(H,37,43)(H,38,44)/t28-,29-/m0/s1. The lowest BCUT2D eigenvalue weighted by Crippen LogP contribution is -2.45. The highest BCUT2D eigenvalue weighted by molar-refractivity contribution is 5.98. The normalized spacial score (nSPS) is 18.1. The number of benzene rings is 2. The topological polar surface area (TPSA) is 135 Å². The number of likely N-dealkylation sites (tertiary alicyclic amines) is 2. The average Bonchev–Trinajstić information content (AvgIpc) is 3.76. The van der Waals surface area contributed by atoms with Gasteiger partial charge in [-0.2, -0.15) is 5.10 Å². The van der Waals surface area contributed by atoms with Crippen LogP contribution in [0.25, 0.3) is 22.5 Å². The first-order valence-corrected chi connectivity index (χ1v) is 16.4.